The molecule has 0 aliphatic heterocycles. The fraction of sp³-hybridized carbons (Fsp3) is 0.316. The molecule has 122 valence electrons. The van der Waals surface area contributed by atoms with Crippen molar-refractivity contribution in [1.29, 1.82) is 0 Å². The molecule has 0 heterocycles. The zero-order valence-electron chi connectivity index (χ0n) is 13.8. The normalized spacial score (nSPS) is 10.4. The van der Waals surface area contributed by atoms with Crippen LogP contribution in [0.15, 0.2) is 48.5 Å². The first-order valence-electron chi connectivity index (χ1n) is 7.84. The molecule has 0 saturated heterocycles. The first-order valence-corrected chi connectivity index (χ1v) is 7.84. The summed E-state index contributed by atoms with van der Waals surface area (Å²) in [6, 6.07) is 15.1. The second-order valence-electron chi connectivity index (χ2n) is 5.49. The number of nitrogens with one attached hydrogen (secondary N) is 1. The van der Waals surface area contributed by atoms with Gasteiger partial charge in [0.15, 0.2) is 0 Å². The van der Waals surface area contributed by atoms with E-state index in [-0.39, 0.29) is 11.9 Å². The molecule has 0 fully saturated rings. The van der Waals surface area contributed by atoms with Gasteiger partial charge < -0.3 is 14.8 Å². The average molecular weight is 313 g/mol. The number of benzene rings is 2. The second kappa shape index (κ2) is 8.22. The predicted octanol–water partition coefficient (Wildman–Crippen LogP) is 3.80. The zero-order chi connectivity index (χ0) is 16.7. The zero-order valence-corrected chi connectivity index (χ0v) is 13.8. The van der Waals surface area contributed by atoms with Gasteiger partial charge in [0.1, 0.15) is 18.1 Å². The fourth-order valence-corrected chi connectivity index (χ4v) is 2.15. The molecule has 0 aromatic heterocycles. The third kappa shape index (κ3) is 5.02. The maximum absolute atomic E-state index is 12.2. The van der Waals surface area contributed by atoms with Crippen LogP contribution >= 0.6 is 0 Å². The highest BCUT2D eigenvalue weighted by Crippen LogP contribution is 2.22. The minimum Gasteiger partial charge on any atom is -0.493 e. The molecule has 0 spiro atoms. The van der Waals surface area contributed by atoms with Gasteiger partial charge >= 0.3 is 0 Å². The fourth-order valence-electron chi connectivity index (χ4n) is 2.15. The molecule has 2 aromatic rings. The van der Waals surface area contributed by atoms with Gasteiger partial charge in [0.2, 0.25) is 0 Å². The maximum Gasteiger partial charge on any atom is 0.251 e. The van der Waals surface area contributed by atoms with Crippen molar-refractivity contribution in [2.24, 2.45) is 0 Å². The number of carbonyl (C=O) groups is 1. The summed E-state index contributed by atoms with van der Waals surface area (Å²) in [5.74, 6) is 1.43. The minimum atomic E-state index is -0.0935. The van der Waals surface area contributed by atoms with E-state index in [0.29, 0.717) is 18.8 Å². The molecule has 23 heavy (non-hydrogen) atoms. The lowest BCUT2D eigenvalue weighted by Gasteiger charge is -2.14. The summed E-state index contributed by atoms with van der Waals surface area (Å²) in [4.78, 5) is 12.2. The number of rotatable bonds is 7. The Morgan fingerprint density at radius 1 is 1.09 bits per heavy atom. The molecule has 0 aliphatic rings. The largest absolute Gasteiger partial charge is 0.493 e. The third-order valence-electron chi connectivity index (χ3n) is 3.18. The number of para-hydroxylation sites is 1. The van der Waals surface area contributed by atoms with Crippen molar-refractivity contribution < 1.29 is 14.3 Å². The van der Waals surface area contributed by atoms with Gasteiger partial charge in [-0.25, -0.2) is 0 Å². The average Bonchev–Trinajstić information content (AvgIpc) is 2.54. The predicted molar refractivity (Wildman–Crippen MR) is 91.0 cm³/mol. The lowest BCUT2D eigenvalue weighted by Crippen LogP contribution is -2.30. The summed E-state index contributed by atoms with van der Waals surface area (Å²) >= 11 is 0. The molecule has 4 heteroatoms. The molecule has 0 atom stereocenters. The Bertz CT molecular complexity index is 638. The number of hydrogen-bond acceptors (Lipinski definition) is 3. The summed E-state index contributed by atoms with van der Waals surface area (Å²) < 4.78 is 11.4. The van der Waals surface area contributed by atoms with Crippen molar-refractivity contribution in [3.05, 3.63) is 59.7 Å². The number of ether oxygens (including phenoxy) is 2. The van der Waals surface area contributed by atoms with E-state index in [1.54, 1.807) is 6.07 Å². The van der Waals surface area contributed by atoms with E-state index in [1.165, 1.54) is 0 Å². The summed E-state index contributed by atoms with van der Waals surface area (Å²) in [5, 5.41) is 2.89. The minimum absolute atomic E-state index is 0.0935. The van der Waals surface area contributed by atoms with Gasteiger partial charge in [-0.05, 0) is 51.1 Å². The van der Waals surface area contributed by atoms with Gasteiger partial charge in [-0.3, -0.25) is 4.79 Å². The number of carbonyl (C=O) groups excluding carboxylic acids is 1. The van der Waals surface area contributed by atoms with Crippen molar-refractivity contribution >= 4 is 5.91 Å². The number of amides is 1. The first-order chi connectivity index (χ1) is 11.1. The number of hydrogen-bond donors (Lipinski definition) is 1. The second-order valence-corrected chi connectivity index (χ2v) is 5.49. The Balaban J connectivity index is 2.18. The van der Waals surface area contributed by atoms with E-state index in [1.807, 2.05) is 63.2 Å². The van der Waals surface area contributed by atoms with Gasteiger partial charge in [-0.15, -0.1) is 0 Å². The SMILES string of the molecule is CCOc1ccc(C(=O)NC(C)C)cc1COc1ccccc1. The van der Waals surface area contributed by atoms with Gasteiger partial charge in [0.25, 0.3) is 5.91 Å². The molecule has 0 aliphatic carbocycles. The summed E-state index contributed by atoms with van der Waals surface area (Å²) in [6.45, 7) is 6.72. The molecule has 1 amide bonds. The van der Waals surface area contributed by atoms with Gasteiger partial charge in [0.05, 0.1) is 6.61 Å². The molecule has 0 radical (unpaired) electrons. The highest BCUT2D eigenvalue weighted by atomic mass is 16.5. The summed E-state index contributed by atoms with van der Waals surface area (Å²) in [7, 11) is 0. The van der Waals surface area contributed by atoms with Crippen molar-refractivity contribution in [1.82, 2.24) is 5.32 Å². The standard InChI is InChI=1S/C19H23NO3/c1-4-22-18-11-10-15(19(21)20-14(2)3)12-16(18)13-23-17-8-6-5-7-9-17/h5-12,14H,4,13H2,1-3H3,(H,20,21). The van der Waals surface area contributed by atoms with Crippen LogP contribution in [-0.4, -0.2) is 18.6 Å². The molecule has 0 saturated carbocycles. The van der Waals surface area contributed by atoms with Crippen molar-refractivity contribution in [2.75, 3.05) is 6.61 Å². The molecule has 0 unspecified atom stereocenters. The van der Waals surface area contributed by atoms with Crippen LogP contribution < -0.4 is 14.8 Å². The Kier molecular flexibility index (Phi) is 6.03. The first kappa shape index (κ1) is 16.9. The topological polar surface area (TPSA) is 47.6 Å². The third-order valence-corrected chi connectivity index (χ3v) is 3.18. The Morgan fingerprint density at radius 3 is 2.48 bits per heavy atom. The van der Waals surface area contributed by atoms with Crippen LogP contribution in [0.25, 0.3) is 0 Å². The van der Waals surface area contributed by atoms with Crippen molar-refractivity contribution in [3.8, 4) is 11.5 Å². The lowest BCUT2D eigenvalue weighted by atomic mass is 10.1. The summed E-state index contributed by atoms with van der Waals surface area (Å²) in [6.07, 6.45) is 0. The molecule has 1 N–H and O–H groups in total. The van der Waals surface area contributed by atoms with E-state index in [0.717, 1.165) is 17.1 Å². The smallest absolute Gasteiger partial charge is 0.251 e. The van der Waals surface area contributed by atoms with Crippen LogP contribution in [0.5, 0.6) is 11.5 Å². The highest BCUT2D eigenvalue weighted by Gasteiger charge is 2.12. The highest BCUT2D eigenvalue weighted by molar-refractivity contribution is 5.94. The molecule has 4 nitrogen and oxygen atoms in total. The van der Waals surface area contributed by atoms with E-state index >= 15 is 0 Å². The van der Waals surface area contributed by atoms with Crippen molar-refractivity contribution in [3.63, 3.8) is 0 Å². The van der Waals surface area contributed by atoms with E-state index < -0.39 is 0 Å². The van der Waals surface area contributed by atoms with E-state index in [2.05, 4.69) is 5.32 Å². The van der Waals surface area contributed by atoms with Gasteiger partial charge in [-0.2, -0.15) is 0 Å². The van der Waals surface area contributed by atoms with E-state index in [9.17, 15) is 4.79 Å². The lowest BCUT2D eigenvalue weighted by molar-refractivity contribution is 0.0943. The quantitative estimate of drug-likeness (QED) is 0.845. The van der Waals surface area contributed by atoms with Crippen LogP contribution in [0.4, 0.5) is 0 Å². The van der Waals surface area contributed by atoms with E-state index in [4.69, 9.17) is 9.47 Å². The Labute approximate surface area is 137 Å². The Hall–Kier alpha value is -2.49. The molecule has 0 bridgehead atoms. The van der Waals surface area contributed by atoms with Crippen LogP contribution in [0.1, 0.15) is 36.7 Å². The van der Waals surface area contributed by atoms with Crippen LogP contribution in [0, 0.1) is 0 Å². The van der Waals surface area contributed by atoms with Crippen LogP contribution in [0.2, 0.25) is 0 Å². The molecule has 2 rings (SSSR count). The Morgan fingerprint density at radius 2 is 1.83 bits per heavy atom. The molecular weight excluding hydrogens is 290 g/mol. The maximum atomic E-state index is 12.2. The van der Waals surface area contributed by atoms with Gasteiger partial charge in [-0.1, -0.05) is 18.2 Å². The molecule has 2 aromatic carbocycles. The van der Waals surface area contributed by atoms with Crippen LogP contribution in [-0.2, 0) is 6.61 Å². The van der Waals surface area contributed by atoms with Gasteiger partial charge in [0, 0.05) is 17.2 Å². The van der Waals surface area contributed by atoms with Crippen molar-refractivity contribution in [2.45, 2.75) is 33.4 Å². The monoisotopic (exact) mass is 313 g/mol. The molecular formula is C19H23NO3. The van der Waals surface area contributed by atoms with Crippen LogP contribution in [0.3, 0.4) is 0 Å². The summed E-state index contributed by atoms with van der Waals surface area (Å²) in [5.41, 5.74) is 1.46.